The highest BCUT2D eigenvalue weighted by Crippen LogP contribution is 2.13. The highest BCUT2D eigenvalue weighted by Gasteiger charge is 2.21. The number of nitrogens with zero attached hydrogens (tertiary/aromatic N) is 1. The monoisotopic (exact) mass is 468 g/mol. The highest BCUT2D eigenvalue weighted by atomic mass is 16.5. The van der Waals surface area contributed by atoms with Crippen LogP contribution >= 0.6 is 0 Å². The topological polar surface area (TPSA) is 46.5 Å². The molecule has 0 aliphatic heterocycles. The van der Waals surface area contributed by atoms with Gasteiger partial charge in [-0.1, -0.05) is 103 Å². The number of carbonyl (C=O) groups is 1. The largest absolute Gasteiger partial charge is 0.481 e. The van der Waals surface area contributed by atoms with Crippen molar-refractivity contribution in [2.24, 2.45) is 0 Å². The maximum atomic E-state index is 11.0. The van der Waals surface area contributed by atoms with E-state index in [4.69, 9.17) is 9.84 Å². The van der Waals surface area contributed by atoms with E-state index in [0.717, 1.165) is 17.4 Å². The first kappa shape index (κ1) is 32.1. The molecule has 0 radical (unpaired) electrons. The van der Waals surface area contributed by atoms with Gasteiger partial charge in [-0.05, 0) is 32.1 Å². The predicted molar refractivity (Wildman–Crippen MR) is 143 cm³/mol. The summed E-state index contributed by atoms with van der Waals surface area (Å²) in [6.07, 6.45) is 28.7. The van der Waals surface area contributed by atoms with Crippen molar-refractivity contribution in [3.8, 4) is 0 Å². The van der Waals surface area contributed by atoms with Crippen molar-refractivity contribution in [1.29, 1.82) is 0 Å². The number of carboxylic acids is 1. The summed E-state index contributed by atoms with van der Waals surface area (Å²) >= 11 is 0. The Bertz CT molecular complexity index is 456. The molecule has 0 rings (SSSR count). The molecular formula is C29H58NO3+. The lowest BCUT2D eigenvalue weighted by atomic mass is 10.1. The SMILES string of the molecule is CCCCCCCC/C=C\CCCCCCCCCCCCOC(CC(=O)O)C[N+](C)(C)C. The molecule has 0 bridgehead atoms. The average molecular weight is 469 g/mol. The van der Waals surface area contributed by atoms with Gasteiger partial charge >= 0.3 is 5.97 Å². The Labute approximate surface area is 206 Å². The minimum Gasteiger partial charge on any atom is -0.481 e. The van der Waals surface area contributed by atoms with Gasteiger partial charge in [-0.3, -0.25) is 4.79 Å². The van der Waals surface area contributed by atoms with Crippen LogP contribution in [-0.4, -0.2) is 56.0 Å². The number of ether oxygens (including phenoxy) is 1. The molecule has 0 saturated heterocycles. The van der Waals surface area contributed by atoms with Crippen LogP contribution < -0.4 is 0 Å². The molecule has 4 heteroatoms. The molecule has 1 N–H and O–H groups in total. The molecule has 33 heavy (non-hydrogen) atoms. The van der Waals surface area contributed by atoms with Crippen molar-refractivity contribution in [3.63, 3.8) is 0 Å². The molecule has 196 valence electrons. The van der Waals surface area contributed by atoms with E-state index < -0.39 is 5.97 Å². The quantitative estimate of drug-likeness (QED) is 0.0835. The lowest BCUT2D eigenvalue weighted by Gasteiger charge is -2.28. The fraction of sp³-hybridized carbons (Fsp3) is 0.897. The van der Waals surface area contributed by atoms with Crippen molar-refractivity contribution >= 4 is 5.97 Å². The smallest absolute Gasteiger partial charge is 0.306 e. The summed E-state index contributed by atoms with van der Waals surface area (Å²) in [4.78, 5) is 11.0. The van der Waals surface area contributed by atoms with Crippen LogP contribution in [0.25, 0.3) is 0 Å². The summed E-state index contributed by atoms with van der Waals surface area (Å²) in [6, 6.07) is 0. The van der Waals surface area contributed by atoms with E-state index in [1.807, 2.05) is 0 Å². The van der Waals surface area contributed by atoms with Gasteiger partial charge in [0.25, 0.3) is 0 Å². The van der Waals surface area contributed by atoms with E-state index in [2.05, 4.69) is 40.2 Å². The van der Waals surface area contributed by atoms with Gasteiger partial charge in [0.1, 0.15) is 12.6 Å². The standard InChI is InChI=1S/C29H57NO3/c1-5-6-7-8-9-10-11-12-13-14-15-16-17-18-19-20-21-22-23-24-25-33-28(26-29(31)32)27-30(2,3)4/h12-13,28H,5-11,14-27H2,1-4H3/p+1/b13-12-. The molecule has 1 unspecified atom stereocenters. The zero-order valence-electron chi connectivity index (χ0n) is 22.8. The van der Waals surface area contributed by atoms with Gasteiger partial charge in [0.05, 0.1) is 27.6 Å². The molecule has 0 fully saturated rings. The Morgan fingerprint density at radius 1 is 0.727 bits per heavy atom. The first-order valence-electron chi connectivity index (χ1n) is 14.1. The molecule has 0 heterocycles. The molecule has 4 nitrogen and oxygen atoms in total. The Morgan fingerprint density at radius 3 is 1.58 bits per heavy atom. The van der Waals surface area contributed by atoms with Crippen LogP contribution in [0.4, 0.5) is 0 Å². The van der Waals surface area contributed by atoms with Gasteiger partial charge in [-0.25, -0.2) is 0 Å². The summed E-state index contributed by atoms with van der Waals surface area (Å²) < 4.78 is 6.59. The summed E-state index contributed by atoms with van der Waals surface area (Å²) in [5.74, 6) is -0.770. The summed E-state index contributed by atoms with van der Waals surface area (Å²) in [5.41, 5.74) is 0. The van der Waals surface area contributed by atoms with E-state index in [0.29, 0.717) is 6.61 Å². The van der Waals surface area contributed by atoms with E-state index in [-0.39, 0.29) is 12.5 Å². The molecule has 0 saturated carbocycles. The van der Waals surface area contributed by atoms with E-state index in [1.54, 1.807) is 0 Å². The minimum atomic E-state index is -0.770. The van der Waals surface area contributed by atoms with E-state index in [1.165, 1.54) is 109 Å². The van der Waals surface area contributed by atoms with Crippen LogP contribution in [0.2, 0.25) is 0 Å². The number of allylic oxidation sites excluding steroid dienone is 2. The van der Waals surface area contributed by atoms with Crippen LogP contribution in [0.5, 0.6) is 0 Å². The Balaban J connectivity index is 3.37. The minimum absolute atomic E-state index is 0.102. The van der Waals surface area contributed by atoms with Gasteiger partial charge in [0.15, 0.2) is 0 Å². The number of rotatable bonds is 25. The zero-order chi connectivity index (χ0) is 24.6. The average Bonchev–Trinajstić information content (AvgIpc) is 2.73. The fourth-order valence-corrected chi connectivity index (χ4v) is 4.29. The predicted octanol–water partition coefficient (Wildman–Crippen LogP) is 8.15. The number of carboxylic acid groups (broad SMARTS) is 1. The lowest BCUT2D eigenvalue weighted by Crippen LogP contribution is -2.43. The van der Waals surface area contributed by atoms with Gasteiger partial charge in [-0.2, -0.15) is 0 Å². The number of hydrogen-bond donors (Lipinski definition) is 1. The number of hydrogen-bond acceptors (Lipinski definition) is 2. The molecule has 0 aliphatic carbocycles. The highest BCUT2D eigenvalue weighted by molar-refractivity contribution is 5.67. The van der Waals surface area contributed by atoms with Crippen LogP contribution in [0.1, 0.15) is 129 Å². The van der Waals surface area contributed by atoms with Crippen LogP contribution in [0.3, 0.4) is 0 Å². The fourth-order valence-electron chi connectivity index (χ4n) is 4.29. The van der Waals surface area contributed by atoms with Gasteiger partial charge in [-0.15, -0.1) is 0 Å². The number of likely N-dealkylation sites (N-methyl/N-ethyl adjacent to an activating group) is 1. The Hall–Kier alpha value is -0.870. The van der Waals surface area contributed by atoms with Crippen LogP contribution in [-0.2, 0) is 9.53 Å². The normalized spacial score (nSPS) is 13.1. The van der Waals surface area contributed by atoms with Crippen molar-refractivity contribution in [1.82, 2.24) is 0 Å². The first-order valence-corrected chi connectivity index (χ1v) is 14.1. The molecular weight excluding hydrogens is 410 g/mol. The third-order valence-electron chi connectivity index (χ3n) is 6.16. The third-order valence-corrected chi connectivity index (χ3v) is 6.16. The molecule has 0 amide bonds. The van der Waals surface area contributed by atoms with Crippen molar-refractivity contribution < 1.29 is 19.1 Å². The summed E-state index contributed by atoms with van der Waals surface area (Å²) in [6.45, 7) is 3.70. The van der Waals surface area contributed by atoms with Crippen molar-refractivity contribution in [2.45, 2.75) is 135 Å². The Morgan fingerprint density at radius 2 is 1.15 bits per heavy atom. The number of unbranched alkanes of at least 4 members (excludes halogenated alkanes) is 16. The summed E-state index contributed by atoms with van der Waals surface area (Å²) in [5, 5.41) is 9.06. The Kier molecular flexibility index (Phi) is 22.3. The van der Waals surface area contributed by atoms with Crippen LogP contribution in [0, 0.1) is 0 Å². The molecule has 0 spiro atoms. The molecule has 0 aromatic carbocycles. The van der Waals surface area contributed by atoms with Crippen molar-refractivity contribution in [3.05, 3.63) is 12.2 Å². The molecule has 0 aromatic heterocycles. The maximum absolute atomic E-state index is 11.0. The van der Waals surface area contributed by atoms with E-state index >= 15 is 0 Å². The molecule has 1 atom stereocenters. The number of aliphatic carboxylic acids is 1. The van der Waals surface area contributed by atoms with Crippen LogP contribution in [0.15, 0.2) is 12.2 Å². The second-order valence-electron chi connectivity index (χ2n) is 10.9. The van der Waals surface area contributed by atoms with Gasteiger partial charge < -0.3 is 14.3 Å². The second-order valence-corrected chi connectivity index (χ2v) is 10.9. The maximum Gasteiger partial charge on any atom is 0.306 e. The molecule has 0 aromatic rings. The first-order chi connectivity index (χ1) is 15.8. The van der Waals surface area contributed by atoms with Gasteiger partial charge in [0.2, 0.25) is 0 Å². The third kappa shape index (κ3) is 27.3. The lowest BCUT2D eigenvalue weighted by molar-refractivity contribution is -0.873. The van der Waals surface area contributed by atoms with E-state index in [9.17, 15) is 4.79 Å². The van der Waals surface area contributed by atoms with Crippen molar-refractivity contribution in [2.75, 3.05) is 34.3 Å². The second kappa shape index (κ2) is 22.9. The molecule has 0 aliphatic rings. The number of quaternary nitrogens is 1. The summed E-state index contributed by atoms with van der Waals surface area (Å²) in [7, 11) is 6.23. The van der Waals surface area contributed by atoms with Gasteiger partial charge in [0, 0.05) is 6.61 Å². The zero-order valence-corrected chi connectivity index (χ0v) is 22.8.